The van der Waals surface area contributed by atoms with E-state index in [1.54, 1.807) is 6.20 Å². The first-order valence-corrected chi connectivity index (χ1v) is 8.82. The van der Waals surface area contributed by atoms with Gasteiger partial charge in [-0.2, -0.15) is 5.10 Å². The second-order valence-electron chi connectivity index (χ2n) is 6.55. The lowest BCUT2D eigenvalue weighted by atomic mass is 9.80. The molecule has 2 heterocycles. The van der Waals surface area contributed by atoms with Crippen LogP contribution < -0.4 is 0 Å². The van der Waals surface area contributed by atoms with Crippen LogP contribution in [0.4, 0.5) is 0 Å². The first kappa shape index (κ1) is 16.1. The summed E-state index contributed by atoms with van der Waals surface area (Å²) >= 11 is 5.99. The Hall–Kier alpha value is -2.40. The number of carbonyl (C=O) groups is 1. The highest BCUT2D eigenvalue weighted by molar-refractivity contribution is 6.30. The lowest BCUT2D eigenvalue weighted by Gasteiger charge is -2.25. The zero-order valence-corrected chi connectivity index (χ0v) is 14.4. The van der Waals surface area contributed by atoms with Gasteiger partial charge in [-0.1, -0.05) is 11.6 Å². The Balaban J connectivity index is 1.73. The van der Waals surface area contributed by atoms with Crippen LogP contribution in [-0.4, -0.2) is 25.8 Å². The van der Waals surface area contributed by atoms with Crippen LogP contribution in [0, 0.1) is 5.92 Å². The van der Waals surface area contributed by atoms with Gasteiger partial charge in [0.25, 0.3) is 0 Å². The predicted octanol–water partition coefficient (Wildman–Crippen LogP) is 4.43. The van der Waals surface area contributed by atoms with E-state index in [2.05, 4.69) is 4.98 Å². The Bertz CT molecular complexity index is 912. The average Bonchev–Trinajstić information content (AvgIpc) is 3.02. The number of hydrogen-bond donors (Lipinski definition) is 1. The van der Waals surface area contributed by atoms with E-state index in [1.165, 1.54) is 0 Å². The van der Waals surface area contributed by atoms with Crippen molar-refractivity contribution in [2.75, 3.05) is 0 Å². The minimum Gasteiger partial charge on any atom is -0.481 e. The van der Waals surface area contributed by atoms with Crippen molar-refractivity contribution in [3.63, 3.8) is 0 Å². The molecule has 3 aromatic rings. The molecular formula is C19H18ClN3O2. The lowest BCUT2D eigenvalue weighted by molar-refractivity contribution is -0.142. The fraction of sp³-hybridized carbons (Fsp3) is 0.316. The molecule has 1 aliphatic rings. The predicted molar refractivity (Wildman–Crippen MR) is 96.2 cm³/mol. The van der Waals surface area contributed by atoms with Crippen molar-refractivity contribution in [1.82, 2.24) is 14.8 Å². The van der Waals surface area contributed by atoms with Crippen LogP contribution >= 0.6 is 11.6 Å². The number of aliphatic carboxylic acids is 1. The third-order valence-electron chi connectivity index (χ3n) is 5.05. The Labute approximate surface area is 150 Å². The van der Waals surface area contributed by atoms with Gasteiger partial charge in [-0.25, -0.2) is 4.68 Å². The van der Waals surface area contributed by atoms with Gasteiger partial charge in [-0.3, -0.25) is 9.78 Å². The number of pyridine rings is 1. The highest BCUT2D eigenvalue weighted by Gasteiger charge is 2.29. The molecule has 5 nitrogen and oxygen atoms in total. The summed E-state index contributed by atoms with van der Waals surface area (Å²) in [6, 6.07) is 9.56. The van der Waals surface area contributed by atoms with Crippen LogP contribution in [0.3, 0.4) is 0 Å². The van der Waals surface area contributed by atoms with Gasteiger partial charge in [0.2, 0.25) is 0 Å². The SMILES string of the molecule is O=C(O)C1CCC(c2nn(-c3ccc(Cl)cc3)c3cnccc23)CC1. The number of rotatable bonds is 3. The van der Waals surface area contributed by atoms with Crippen LogP contribution in [0.2, 0.25) is 5.02 Å². The summed E-state index contributed by atoms with van der Waals surface area (Å²) in [5, 5.41) is 15.8. The molecule has 0 bridgehead atoms. The van der Waals surface area contributed by atoms with E-state index in [0.717, 1.165) is 35.1 Å². The molecule has 2 aromatic heterocycles. The molecule has 0 aliphatic heterocycles. The maximum Gasteiger partial charge on any atom is 0.306 e. The number of carboxylic acids is 1. The van der Waals surface area contributed by atoms with E-state index in [4.69, 9.17) is 16.7 Å². The molecule has 1 aliphatic carbocycles. The molecule has 6 heteroatoms. The van der Waals surface area contributed by atoms with Gasteiger partial charge in [-0.05, 0) is 56.0 Å². The van der Waals surface area contributed by atoms with Crippen molar-refractivity contribution in [1.29, 1.82) is 0 Å². The van der Waals surface area contributed by atoms with Crippen molar-refractivity contribution in [3.8, 4) is 5.69 Å². The Morgan fingerprint density at radius 3 is 2.52 bits per heavy atom. The van der Waals surface area contributed by atoms with Crippen molar-refractivity contribution in [2.24, 2.45) is 5.92 Å². The molecule has 0 atom stereocenters. The van der Waals surface area contributed by atoms with Crippen LogP contribution in [0.15, 0.2) is 42.7 Å². The first-order valence-electron chi connectivity index (χ1n) is 8.45. The average molecular weight is 356 g/mol. The van der Waals surface area contributed by atoms with Crippen molar-refractivity contribution < 1.29 is 9.90 Å². The number of hydrogen-bond acceptors (Lipinski definition) is 3. The normalized spacial score (nSPS) is 20.7. The fourth-order valence-corrected chi connectivity index (χ4v) is 3.81. The number of halogens is 1. The standard InChI is InChI=1S/C19H18ClN3O2/c20-14-5-7-15(8-6-14)23-17-11-21-10-9-16(17)18(22-23)12-1-3-13(4-2-12)19(24)25/h5-13H,1-4H2,(H,24,25). The highest BCUT2D eigenvalue weighted by Crippen LogP contribution is 2.38. The van der Waals surface area contributed by atoms with Crippen molar-refractivity contribution in [3.05, 3.63) is 53.4 Å². The summed E-state index contributed by atoms with van der Waals surface area (Å²) in [5.74, 6) is -0.615. The molecule has 1 fully saturated rings. The maximum atomic E-state index is 11.2. The van der Waals surface area contributed by atoms with E-state index < -0.39 is 5.97 Å². The van der Waals surface area contributed by atoms with Gasteiger partial charge in [0.05, 0.1) is 29.0 Å². The van der Waals surface area contributed by atoms with Crippen LogP contribution in [0.5, 0.6) is 0 Å². The van der Waals surface area contributed by atoms with E-state index in [-0.39, 0.29) is 11.8 Å². The zero-order valence-electron chi connectivity index (χ0n) is 13.6. The number of aromatic nitrogens is 3. The second-order valence-corrected chi connectivity index (χ2v) is 6.99. The van der Waals surface area contributed by atoms with Gasteiger partial charge in [0.1, 0.15) is 0 Å². The van der Waals surface area contributed by atoms with Crippen LogP contribution in [0.1, 0.15) is 37.3 Å². The maximum absolute atomic E-state index is 11.2. The van der Waals surface area contributed by atoms with E-state index >= 15 is 0 Å². The van der Waals surface area contributed by atoms with Gasteiger partial charge in [-0.15, -0.1) is 0 Å². The highest BCUT2D eigenvalue weighted by atomic mass is 35.5. The molecule has 0 spiro atoms. The lowest BCUT2D eigenvalue weighted by Crippen LogP contribution is -2.20. The third kappa shape index (κ3) is 3.00. The summed E-state index contributed by atoms with van der Waals surface area (Å²) in [7, 11) is 0. The second kappa shape index (κ2) is 6.48. The molecule has 1 aromatic carbocycles. The van der Waals surface area contributed by atoms with E-state index in [9.17, 15) is 9.90 Å². The first-order chi connectivity index (χ1) is 12.1. The number of nitrogens with zero attached hydrogens (tertiary/aromatic N) is 3. The Kier molecular flexibility index (Phi) is 4.17. The molecule has 1 saturated carbocycles. The number of carboxylic acid groups (broad SMARTS) is 1. The van der Waals surface area contributed by atoms with Gasteiger partial charge in [0.15, 0.2) is 0 Å². The van der Waals surface area contributed by atoms with Crippen LogP contribution in [-0.2, 0) is 4.79 Å². The van der Waals surface area contributed by atoms with Crippen molar-refractivity contribution >= 4 is 28.5 Å². The largest absolute Gasteiger partial charge is 0.481 e. The van der Waals surface area contributed by atoms with E-state index in [1.807, 2.05) is 41.2 Å². The topological polar surface area (TPSA) is 68.0 Å². The molecule has 0 saturated heterocycles. The Morgan fingerprint density at radius 2 is 1.84 bits per heavy atom. The summed E-state index contributed by atoms with van der Waals surface area (Å²) in [6.07, 6.45) is 6.73. The summed E-state index contributed by atoms with van der Waals surface area (Å²) < 4.78 is 1.90. The summed E-state index contributed by atoms with van der Waals surface area (Å²) in [6.45, 7) is 0. The van der Waals surface area contributed by atoms with E-state index in [0.29, 0.717) is 17.9 Å². The zero-order chi connectivity index (χ0) is 17.4. The molecule has 128 valence electrons. The number of fused-ring (bicyclic) bond motifs is 1. The minimum atomic E-state index is -0.681. The molecule has 0 amide bonds. The third-order valence-corrected chi connectivity index (χ3v) is 5.30. The molecule has 0 unspecified atom stereocenters. The molecule has 4 rings (SSSR count). The molecule has 25 heavy (non-hydrogen) atoms. The monoisotopic (exact) mass is 355 g/mol. The van der Waals surface area contributed by atoms with Crippen LogP contribution in [0.25, 0.3) is 16.6 Å². The molecule has 0 radical (unpaired) electrons. The number of benzene rings is 1. The quantitative estimate of drug-likeness (QED) is 0.754. The molecular weight excluding hydrogens is 338 g/mol. The van der Waals surface area contributed by atoms with Gasteiger partial charge in [0, 0.05) is 22.5 Å². The Morgan fingerprint density at radius 1 is 1.12 bits per heavy atom. The van der Waals surface area contributed by atoms with Gasteiger partial charge < -0.3 is 5.11 Å². The fourth-order valence-electron chi connectivity index (χ4n) is 3.68. The van der Waals surface area contributed by atoms with Crippen molar-refractivity contribution in [2.45, 2.75) is 31.6 Å². The summed E-state index contributed by atoms with van der Waals surface area (Å²) in [5.41, 5.74) is 2.93. The summed E-state index contributed by atoms with van der Waals surface area (Å²) in [4.78, 5) is 15.4. The molecule has 1 N–H and O–H groups in total. The smallest absolute Gasteiger partial charge is 0.306 e. The minimum absolute atomic E-state index is 0.220. The van der Waals surface area contributed by atoms with Gasteiger partial charge >= 0.3 is 5.97 Å².